The number of halogens is 3. The number of nitrogens with zero attached hydrogens (tertiary/aromatic N) is 3. The average molecular weight is 526 g/mol. The van der Waals surface area contributed by atoms with E-state index in [4.69, 9.17) is 23.2 Å². The first-order valence-electron chi connectivity index (χ1n) is 12.1. The second kappa shape index (κ2) is 9.89. The third-order valence-electron chi connectivity index (χ3n) is 6.88. The van der Waals surface area contributed by atoms with Gasteiger partial charge in [-0.05, 0) is 42.9 Å². The van der Waals surface area contributed by atoms with E-state index in [2.05, 4.69) is 58.6 Å². The molecule has 3 unspecified atom stereocenters. The second-order valence-electron chi connectivity index (χ2n) is 12.2. The maximum absolute atomic E-state index is 15.5. The smallest absolute Gasteiger partial charge is 0.144 e. The minimum Gasteiger partial charge on any atom is -0.368 e. The Balaban J connectivity index is 1.85. The van der Waals surface area contributed by atoms with Crippen molar-refractivity contribution in [1.29, 1.82) is 0 Å². The Morgan fingerprint density at radius 2 is 1.51 bits per heavy atom. The number of hydrogen-bond donors (Lipinski definition) is 3. The Hall–Kier alpha value is -1.86. The van der Waals surface area contributed by atoms with Gasteiger partial charge in [0.25, 0.3) is 0 Å². The van der Waals surface area contributed by atoms with E-state index < -0.39 is 11.5 Å². The summed E-state index contributed by atoms with van der Waals surface area (Å²) >= 11 is 13.6. The molecule has 3 N–H and O–H groups in total. The zero-order valence-corrected chi connectivity index (χ0v) is 23.8. The maximum atomic E-state index is 15.5. The van der Waals surface area contributed by atoms with Gasteiger partial charge in [-0.25, -0.2) is 9.38 Å². The Kier molecular flexibility index (Phi) is 7.83. The van der Waals surface area contributed by atoms with Crippen LogP contribution >= 0.6 is 23.2 Å². The molecule has 0 saturated heterocycles. The molecule has 0 spiro atoms. The van der Waals surface area contributed by atoms with Gasteiger partial charge in [0.1, 0.15) is 11.9 Å². The van der Waals surface area contributed by atoms with Crippen molar-refractivity contribution in [2.45, 2.75) is 93.3 Å². The molecule has 3 heterocycles. The highest BCUT2D eigenvalue weighted by Gasteiger charge is 2.41. The summed E-state index contributed by atoms with van der Waals surface area (Å²) in [5, 5.41) is 11.1. The van der Waals surface area contributed by atoms with Crippen molar-refractivity contribution < 1.29 is 4.39 Å². The quantitative estimate of drug-likeness (QED) is 0.378. The molecule has 0 bridgehead atoms. The van der Waals surface area contributed by atoms with Gasteiger partial charge >= 0.3 is 0 Å². The van der Waals surface area contributed by atoms with Gasteiger partial charge in [-0.15, -0.1) is 0 Å². The standard InChI is InChI=1S/C26H39Cl2FN6/c1-14-18(27)21(32-12-30-14)25(6,7)10-16-19(28)22(33-13-31-16)26(8,9)11-17-20(29)23(24(3,4)5)35-15(2)34-17/h12-13,21-23H,10-11H2,1-9H3,(H,30,32)(H,31,33)(H,34,35). The molecule has 35 heavy (non-hydrogen) atoms. The maximum Gasteiger partial charge on any atom is 0.144 e. The van der Waals surface area contributed by atoms with Gasteiger partial charge in [-0.1, -0.05) is 71.7 Å². The van der Waals surface area contributed by atoms with Crippen LogP contribution in [0.15, 0.2) is 48.0 Å². The van der Waals surface area contributed by atoms with Crippen LogP contribution in [0.3, 0.4) is 0 Å². The van der Waals surface area contributed by atoms with Crippen LogP contribution in [0.25, 0.3) is 0 Å². The van der Waals surface area contributed by atoms with Crippen LogP contribution in [0.1, 0.15) is 75.2 Å². The van der Waals surface area contributed by atoms with Gasteiger partial charge < -0.3 is 16.0 Å². The van der Waals surface area contributed by atoms with E-state index in [-0.39, 0.29) is 28.7 Å². The van der Waals surface area contributed by atoms with Crippen LogP contribution < -0.4 is 16.0 Å². The molecule has 0 saturated carbocycles. The molecule has 0 aliphatic carbocycles. The van der Waals surface area contributed by atoms with E-state index in [0.717, 1.165) is 17.2 Å². The molecule has 6 nitrogen and oxygen atoms in total. The van der Waals surface area contributed by atoms with Crippen molar-refractivity contribution in [3.63, 3.8) is 0 Å². The molecular formula is C26H39Cl2FN6. The molecule has 194 valence electrons. The SMILES string of the molecule is CC1=NC(C(C)(C)C)C(F)=C(CC(C)(C)C2N=CNC(CC(C)(C)C3NC=NC(C)=C3Cl)=C2Cl)N1. The average Bonchev–Trinajstić information content (AvgIpc) is 2.72. The van der Waals surface area contributed by atoms with Crippen LogP contribution in [0.2, 0.25) is 0 Å². The van der Waals surface area contributed by atoms with Crippen molar-refractivity contribution in [2.24, 2.45) is 31.2 Å². The molecule has 0 aromatic heterocycles. The van der Waals surface area contributed by atoms with E-state index >= 15 is 4.39 Å². The van der Waals surface area contributed by atoms with Crippen LogP contribution in [0, 0.1) is 16.2 Å². The number of amidine groups is 1. The highest BCUT2D eigenvalue weighted by Crippen LogP contribution is 2.43. The molecule has 3 aliphatic rings. The lowest BCUT2D eigenvalue weighted by Gasteiger charge is -2.40. The van der Waals surface area contributed by atoms with E-state index in [1.807, 2.05) is 34.6 Å². The van der Waals surface area contributed by atoms with E-state index in [9.17, 15) is 0 Å². The first-order chi connectivity index (χ1) is 16.0. The number of nitrogens with one attached hydrogen (secondary N) is 3. The molecule has 0 fully saturated rings. The normalized spacial score (nSPS) is 25.9. The van der Waals surface area contributed by atoms with E-state index in [1.165, 1.54) is 0 Å². The van der Waals surface area contributed by atoms with Crippen molar-refractivity contribution in [1.82, 2.24) is 16.0 Å². The predicted octanol–water partition coefficient (Wildman–Crippen LogP) is 6.36. The summed E-state index contributed by atoms with van der Waals surface area (Å²) in [5.41, 5.74) is 1.23. The van der Waals surface area contributed by atoms with Gasteiger partial charge in [0, 0.05) is 5.70 Å². The number of rotatable bonds is 6. The summed E-state index contributed by atoms with van der Waals surface area (Å²) in [6.07, 6.45) is 4.49. The number of allylic oxidation sites excluding steroid dienone is 3. The van der Waals surface area contributed by atoms with Crippen molar-refractivity contribution >= 4 is 41.7 Å². The van der Waals surface area contributed by atoms with E-state index in [0.29, 0.717) is 28.6 Å². The molecule has 0 amide bonds. The molecule has 0 aromatic carbocycles. The predicted molar refractivity (Wildman–Crippen MR) is 147 cm³/mol. The zero-order chi connectivity index (χ0) is 26.3. The monoisotopic (exact) mass is 524 g/mol. The summed E-state index contributed by atoms with van der Waals surface area (Å²) in [7, 11) is 0. The fourth-order valence-corrected chi connectivity index (χ4v) is 5.71. The first-order valence-corrected chi connectivity index (χ1v) is 12.8. The van der Waals surface area contributed by atoms with Crippen molar-refractivity contribution in [3.05, 3.63) is 33.0 Å². The van der Waals surface area contributed by atoms with Crippen molar-refractivity contribution in [2.75, 3.05) is 0 Å². The Morgan fingerprint density at radius 3 is 2.14 bits per heavy atom. The van der Waals surface area contributed by atoms with Gasteiger partial charge in [0.05, 0.1) is 52.1 Å². The summed E-state index contributed by atoms with van der Waals surface area (Å²) in [4.78, 5) is 13.5. The van der Waals surface area contributed by atoms with Crippen LogP contribution in [-0.4, -0.2) is 36.6 Å². The van der Waals surface area contributed by atoms with Crippen LogP contribution in [-0.2, 0) is 0 Å². The molecular weight excluding hydrogens is 486 g/mol. The van der Waals surface area contributed by atoms with Gasteiger partial charge in [-0.2, -0.15) is 0 Å². The summed E-state index contributed by atoms with van der Waals surface area (Å²) in [6, 6.07) is -0.923. The van der Waals surface area contributed by atoms with Gasteiger partial charge in [-0.3, -0.25) is 9.98 Å². The first kappa shape index (κ1) is 27.7. The fourth-order valence-electron chi connectivity index (χ4n) is 4.83. The Labute approximate surface area is 219 Å². The van der Waals surface area contributed by atoms with E-state index in [1.54, 1.807) is 12.7 Å². The van der Waals surface area contributed by atoms with Gasteiger partial charge in [0.15, 0.2) is 0 Å². The molecule has 3 atom stereocenters. The molecule has 3 rings (SSSR count). The number of aliphatic imine (C=N–C) groups is 3. The third-order valence-corrected chi connectivity index (χ3v) is 7.81. The molecule has 9 heteroatoms. The molecule has 0 radical (unpaired) electrons. The Morgan fingerprint density at radius 1 is 0.886 bits per heavy atom. The van der Waals surface area contributed by atoms with Crippen LogP contribution in [0.5, 0.6) is 0 Å². The lowest BCUT2D eigenvalue weighted by Crippen LogP contribution is -2.45. The minimum absolute atomic E-state index is 0.0898. The minimum atomic E-state index is -0.513. The number of hydrogen-bond acceptors (Lipinski definition) is 6. The van der Waals surface area contributed by atoms with Gasteiger partial charge in [0.2, 0.25) is 0 Å². The topological polar surface area (TPSA) is 73.2 Å². The molecule has 0 aromatic rings. The summed E-state index contributed by atoms with van der Waals surface area (Å²) < 4.78 is 15.5. The highest BCUT2D eigenvalue weighted by molar-refractivity contribution is 6.31. The summed E-state index contributed by atoms with van der Waals surface area (Å²) in [5.74, 6) is 0.510. The summed E-state index contributed by atoms with van der Waals surface area (Å²) in [6.45, 7) is 18.2. The zero-order valence-electron chi connectivity index (χ0n) is 22.3. The van der Waals surface area contributed by atoms with Crippen molar-refractivity contribution in [3.8, 4) is 0 Å². The largest absolute Gasteiger partial charge is 0.368 e. The second-order valence-corrected chi connectivity index (χ2v) is 13.0. The van der Waals surface area contributed by atoms with Crippen LogP contribution in [0.4, 0.5) is 4.39 Å². The highest BCUT2D eigenvalue weighted by atomic mass is 35.5. The Bertz CT molecular complexity index is 1040. The molecule has 3 aliphatic heterocycles. The lowest BCUT2D eigenvalue weighted by molar-refractivity contribution is 0.275. The lowest BCUT2D eigenvalue weighted by atomic mass is 9.75. The fraction of sp³-hybridized carbons (Fsp3) is 0.654. The third kappa shape index (κ3) is 5.93.